The fourth-order valence-electron chi connectivity index (χ4n) is 3.58. The van der Waals surface area contributed by atoms with Crippen molar-refractivity contribution in [2.75, 3.05) is 12.4 Å². The van der Waals surface area contributed by atoms with E-state index in [9.17, 15) is 4.79 Å². The van der Waals surface area contributed by atoms with Crippen LogP contribution in [0.25, 0.3) is 0 Å². The fraction of sp³-hybridized carbons (Fsp3) is 0.280. The number of nitrogens with one attached hydrogen (secondary N) is 1. The van der Waals surface area contributed by atoms with Crippen molar-refractivity contribution in [1.82, 2.24) is 0 Å². The number of nitrogens with zero attached hydrogens (tertiary/aromatic N) is 1. The van der Waals surface area contributed by atoms with E-state index in [-0.39, 0.29) is 24.4 Å². The zero-order valence-corrected chi connectivity index (χ0v) is 17.8. The number of furan rings is 1. The van der Waals surface area contributed by atoms with Gasteiger partial charge in [-0.2, -0.15) is 5.26 Å². The summed E-state index contributed by atoms with van der Waals surface area (Å²) < 4.78 is 22.7. The van der Waals surface area contributed by atoms with Crippen LogP contribution in [0.5, 0.6) is 17.2 Å². The summed E-state index contributed by atoms with van der Waals surface area (Å²) in [5.41, 5.74) is 1.15. The number of hydrogen-bond donors (Lipinski definition) is 1. The van der Waals surface area contributed by atoms with E-state index in [2.05, 4.69) is 11.4 Å². The molecule has 4 rings (SSSR count). The number of carbonyl (C=O) groups is 1. The van der Waals surface area contributed by atoms with Gasteiger partial charge >= 0.3 is 0 Å². The van der Waals surface area contributed by atoms with Crippen LogP contribution in [0, 0.1) is 11.3 Å². The number of hydrogen-bond acceptors (Lipinski definition) is 6. The van der Waals surface area contributed by atoms with Crippen molar-refractivity contribution < 1.29 is 23.4 Å². The summed E-state index contributed by atoms with van der Waals surface area (Å²) in [6.07, 6.45) is 4.57. The minimum absolute atomic E-state index is 0.168. The van der Waals surface area contributed by atoms with E-state index < -0.39 is 0 Å². The Hall–Kier alpha value is -3.92. The highest BCUT2D eigenvalue weighted by molar-refractivity contribution is 6.02. The average Bonchev–Trinajstić information content (AvgIpc) is 3.50. The number of methoxy groups -OCH3 is 1. The third-order valence-electron chi connectivity index (χ3n) is 5.27. The van der Waals surface area contributed by atoms with Crippen LogP contribution in [0.3, 0.4) is 0 Å². The maximum atomic E-state index is 12.6. The van der Waals surface area contributed by atoms with Gasteiger partial charge < -0.3 is 23.9 Å². The molecule has 0 radical (unpaired) electrons. The molecule has 1 aliphatic rings. The second-order valence-electron chi connectivity index (χ2n) is 7.53. The highest BCUT2D eigenvalue weighted by Crippen LogP contribution is 2.34. The van der Waals surface area contributed by atoms with Crippen LogP contribution in [-0.4, -0.2) is 19.1 Å². The number of rotatable bonds is 8. The Morgan fingerprint density at radius 2 is 1.88 bits per heavy atom. The molecule has 1 saturated carbocycles. The van der Waals surface area contributed by atoms with Crippen molar-refractivity contribution in [3.63, 3.8) is 0 Å². The molecule has 1 N–H and O–H groups in total. The molecular formula is C25H24N2O5. The molecule has 7 nitrogen and oxygen atoms in total. The highest BCUT2D eigenvalue weighted by Gasteiger charge is 2.19. The highest BCUT2D eigenvalue weighted by atomic mass is 16.5. The van der Waals surface area contributed by atoms with Gasteiger partial charge in [0.1, 0.15) is 18.1 Å². The second-order valence-corrected chi connectivity index (χ2v) is 7.53. The van der Waals surface area contributed by atoms with Gasteiger partial charge in [-0.05, 0) is 74.2 Å². The molecule has 0 atom stereocenters. The largest absolute Gasteiger partial charge is 0.493 e. The summed E-state index contributed by atoms with van der Waals surface area (Å²) in [6.45, 7) is 0.168. The van der Waals surface area contributed by atoms with E-state index in [0.717, 1.165) is 12.8 Å². The van der Waals surface area contributed by atoms with Crippen molar-refractivity contribution in [2.24, 2.45) is 0 Å². The zero-order chi connectivity index (χ0) is 22.3. The topological polar surface area (TPSA) is 93.7 Å². The molecule has 32 heavy (non-hydrogen) atoms. The molecule has 0 saturated heterocycles. The van der Waals surface area contributed by atoms with Crippen LogP contribution < -0.4 is 19.5 Å². The standard InChI is InChI=1S/C25H24N2O5/c1-29-22-12-8-18(14-24(22)31-20-4-2-3-5-20)27-25(28)23-13-11-21(32-23)16-30-19-9-6-17(15-26)7-10-19/h6-14,20H,2-5,16H2,1H3,(H,27,28). The van der Waals surface area contributed by atoms with E-state index >= 15 is 0 Å². The molecule has 2 aromatic carbocycles. The van der Waals surface area contributed by atoms with Crippen LogP contribution in [-0.2, 0) is 6.61 Å². The molecule has 1 aromatic heterocycles. The lowest BCUT2D eigenvalue weighted by molar-refractivity contribution is 0.0992. The summed E-state index contributed by atoms with van der Waals surface area (Å²) in [5, 5.41) is 11.7. The van der Waals surface area contributed by atoms with E-state index in [1.165, 1.54) is 12.8 Å². The Labute approximate surface area is 186 Å². The average molecular weight is 432 g/mol. The predicted molar refractivity (Wildman–Crippen MR) is 118 cm³/mol. The first-order valence-electron chi connectivity index (χ1n) is 10.5. The smallest absolute Gasteiger partial charge is 0.291 e. The fourth-order valence-corrected chi connectivity index (χ4v) is 3.58. The molecule has 1 fully saturated rings. The minimum Gasteiger partial charge on any atom is -0.493 e. The summed E-state index contributed by atoms with van der Waals surface area (Å²) in [4.78, 5) is 12.6. The third kappa shape index (κ3) is 5.22. The number of amides is 1. The number of anilines is 1. The molecule has 1 amide bonds. The molecule has 0 aliphatic heterocycles. The predicted octanol–water partition coefficient (Wildman–Crippen LogP) is 5.31. The lowest BCUT2D eigenvalue weighted by atomic mass is 10.2. The van der Waals surface area contributed by atoms with Gasteiger partial charge in [-0.15, -0.1) is 0 Å². The van der Waals surface area contributed by atoms with Crippen molar-refractivity contribution >= 4 is 11.6 Å². The first-order valence-corrected chi connectivity index (χ1v) is 10.5. The molecule has 0 spiro atoms. The number of benzene rings is 2. The lowest BCUT2D eigenvalue weighted by Gasteiger charge is -2.17. The van der Waals surface area contributed by atoms with Crippen LogP contribution in [0.15, 0.2) is 59.0 Å². The maximum absolute atomic E-state index is 12.6. The normalized spacial score (nSPS) is 13.4. The van der Waals surface area contributed by atoms with Gasteiger partial charge in [0.05, 0.1) is 24.8 Å². The van der Waals surface area contributed by atoms with Crippen molar-refractivity contribution in [3.8, 4) is 23.3 Å². The minimum atomic E-state index is -0.369. The number of nitriles is 1. The quantitative estimate of drug-likeness (QED) is 0.518. The Bertz CT molecular complexity index is 1110. The molecule has 1 heterocycles. The van der Waals surface area contributed by atoms with Gasteiger partial charge in [0.2, 0.25) is 0 Å². The molecule has 0 bridgehead atoms. The van der Waals surface area contributed by atoms with Gasteiger partial charge in [-0.25, -0.2) is 0 Å². The number of ether oxygens (including phenoxy) is 3. The van der Waals surface area contributed by atoms with Crippen molar-refractivity contribution in [1.29, 1.82) is 5.26 Å². The van der Waals surface area contributed by atoms with Gasteiger partial charge in [0.25, 0.3) is 5.91 Å². The summed E-state index contributed by atoms with van der Waals surface area (Å²) >= 11 is 0. The first kappa shape index (κ1) is 21.3. The Morgan fingerprint density at radius 3 is 2.59 bits per heavy atom. The number of carbonyl (C=O) groups excluding carboxylic acids is 1. The summed E-state index contributed by atoms with van der Waals surface area (Å²) in [7, 11) is 1.60. The van der Waals surface area contributed by atoms with E-state index in [4.69, 9.17) is 23.9 Å². The molecular weight excluding hydrogens is 408 g/mol. The molecule has 7 heteroatoms. The van der Waals surface area contributed by atoms with Crippen LogP contribution >= 0.6 is 0 Å². The van der Waals surface area contributed by atoms with Gasteiger partial charge in [-0.3, -0.25) is 4.79 Å². The second kappa shape index (κ2) is 9.92. The maximum Gasteiger partial charge on any atom is 0.291 e. The molecule has 0 unspecified atom stereocenters. The lowest BCUT2D eigenvalue weighted by Crippen LogP contribution is -2.13. The SMILES string of the molecule is COc1ccc(NC(=O)c2ccc(COc3ccc(C#N)cc3)o2)cc1OC1CCCC1. The third-order valence-corrected chi connectivity index (χ3v) is 5.27. The van der Waals surface area contributed by atoms with E-state index in [1.54, 1.807) is 61.7 Å². The molecule has 164 valence electrons. The summed E-state index contributed by atoms with van der Waals surface area (Å²) in [6, 6.07) is 17.4. The first-order chi connectivity index (χ1) is 15.6. The van der Waals surface area contributed by atoms with Crippen LogP contribution in [0.4, 0.5) is 5.69 Å². The van der Waals surface area contributed by atoms with E-state index in [1.807, 2.05) is 0 Å². The van der Waals surface area contributed by atoms with Gasteiger partial charge in [0.15, 0.2) is 17.3 Å². The van der Waals surface area contributed by atoms with E-state index in [0.29, 0.717) is 34.3 Å². The monoisotopic (exact) mass is 432 g/mol. The van der Waals surface area contributed by atoms with Crippen LogP contribution in [0.1, 0.15) is 47.6 Å². The van der Waals surface area contributed by atoms with Crippen LogP contribution in [0.2, 0.25) is 0 Å². The summed E-state index contributed by atoms with van der Waals surface area (Å²) in [5.74, 6) is 2.19. The van der Waals surface area contributed by atoms with Gasteiger partial charge in [0, 0.05) is 11.8 Å². The molecule has 3 aromatic rings. The van der Waals surface area contributed by atoms with Crippen molar-refractivity contribution in [3.05, 3.63) is 71.7 Å². The van der Waals surface area contributed by atoms with Crippen molar-refractivity contribution in [2.45, 2.75) is 38.4 Å². The zero-order valence-electron chi connectivity index (χ0n) is 17.8. The Balaban J connectivity index is 1.37. The molecule has 1 aliphatic carbocycles. The Morgan fingerprint density at radius 1 is 1.09 bits per heavy atom. The Kier molecular flexibility index (Phi) is 6.61. The van der Waals surface area contributed by atoms with Gasteiger partial charge in [-0.1, -0.05) is 0 Å².